The summed E-state index contributed by atoms with van der Waals surface area (Å²) in [6.07, 6.45) is 5.65. The average molecular weight is 459 g/mol. The summed E-state index contributed by atoms with van der Waals surface area (Å²) in [5.41, 5.74) is 5.39. The average Bonchev–Trinajstić information content (AvgIpc) is 2.74. The smallest absolute Gasteiger partial charge is 0.180 e. The van der Waals surface area contributed by atoms with Crippen molar-refractivity contribution in [1.82, 2.24) is 4.98 Å². The zero-order valence-corrected chi connectivity index (χ0v) is 19.9. The monoisotopic (exact) mass is 459 g/mol. The van der Waals surface area contributed by atoms with Crippen molar-refractivity contribution in [3.05, 3.63) is 97.0 Å². The van der Waals surface area contributed by atoms with Gasteiger partial charge >= 0.3 is 0 Å². The maximum absolute atomic E-state index is 4.29. The van der Waals surface area contributed by atoms with Crippen molar-refractivity contribution in [2.75, 3.05) is 0 Å². The Hall–Kier alpha value is -2.35. The number of hydrogen-bond acceptors (Lipinski definition) is 1. The van der Waals surface area contributed by atoms with Gasteiger partial charge in [0.25, 0.3) is 0 Å². The molecule has 4 heteroatoms. The second kappa shape index (κ2) is 9.20. The first kappa shape index (κ1) is 22.3. The molecule has 5 aromatic rings. The summed E-state index contributed by atoms with van der Waals surface area (Å²) < 4.78 is 2.08. The molecule has 1 heterocycles. The molecule has 0 saturated heterocycles. The molecule has 2 nitrogen and oxygen atoms in total. The van der Waals surface area contributed by atoms with E-state index in [4.69, 9.17) is 0 Å². The Morgan fingerprint density at radius 3 is 2.37 bits per heavy atom. The van der Waals surface area contributed by atoms with Gasteiger partial charge in [-0.1, -0.05) is 65.0 Å². The summed E-state index contributed by atoms with van der Waals surface area (Å²) in [4.78, 5) is 4.29. The van der Waals surface area contributed by atoms with Crippen LogP contribution in [0.25, 0.3) is 43.9 Å². The number of fused-ring (bicyclic) bond motifs is 3. The molecule has 4 radical (unpaired) electrons. The summed E-state index contributed by atoms with van der Waals surface area (Å²) in [6, 6.07) is 28.6. The van der Waals surface area contributed by atoms with E-state index in [0.717, 1.165) is 27.8 Å². The molecule has 0 N–H and O–H groups in total. The summed E-state index contributed by atoms with van der Waals surface area (Å²) >= 11 is 0. The molecule has 0 atom stereocenters. The molecule has 0 aliphatic rings. The topological polar surface area (TPSA) is 16.8 Å². The van der Waals surface area contributed by atoms with Crippen LogP contribution < -0.4 is 4.57 Å². The van der Waals surface area contributed by atoms with Crippen LogP contribution in [0.5, 0.6) is 0 Å². The van der Waals surface area contributed by atoms with Gasteiger partial charge in [-0.3, -0.25) is 4.98 Å². The summed E-state index contributed by atoms with van der Waals surface area (Å²) in [5.74, 6) is 0. The Kier molecular flexibility index (Phi) is 6.85. The second-order valence-corrected chi connectivity index (χ2v) is 7.13. The van der Waals surface area contributed by atoms with Crippen molar-refractivity contribution in [2.45, 2.75) is 6.92 Å². The minimum atomic E-state index is 0. The fourth-order valence-electron chi connectivity index (χ4n) is 3.73. The van der Waals surface area contributed by atoms with Crippen molar-refractivity contribution in [3.63, 3.8) is 0 Å². The van der Waals surface area contributed by atoms with Crippen LogP contribution in [0.3, 0.4) is 0 Å². The van der Waals surface area contributed by atoms with Gasteiger partial charge in [-0.15, -0.1) is 23.1 Å². The van der Waals surface area contributed by atoms with Crippen LogP contribution >= 0.6 is 0 Å². The van der Waals surface area contributed by atoms with Crippen molar-refractivity contribution >= 4 is 30.0 Å². The van der Waals surface area contributed by atoms with E-state index in [2.05, 4.69) is 89.3 Å². The van der Waals surface area contributed by atoms with Crippen LogP contribution in [0.4, 0.5) is 0 Å². The summed E-state index contributed by atoms with van der Waals surface area (Å²) in [6.45, 7) is 2.11. The molecule has 0 saturated carbocycles. The fourth-order valence-corrected chi connectivity index (χ4v) is 3.73. The third-order valence-corrected chi connectivity index (χ3v) is 5.30. The van der Waals surface area contributed by atoms with Crippen molar-refractivity contribution in [1.29, 1.82) is 0 Å². The standard InChI is InChI=1S/C26H19N2.B.Y/c1-18-7-8-21(15-24(18)26-17-27-13-14-28(26)2)22-12-11-20-10-9-19-5-3-4-6-23(19)25(20)16-22;;/h3-14,17H,1-2H3;;/q-1;;. The van der Waals surface area contributed by atoms with Gasteiger partial charge in [0.2, 0.25) is 0 Å². The summed E-state index contributed by atoms with van der Waals surface area (Å²) in [5, 5.41) is 4.82. The molecule has 4 aromatic carbocycles. The van der Waals surface area contributed by atoms with E-state index in [1.165, 1.54) is 21.7 Å². The van der Waals surface area contributed by atoms with E-state index in [0.29, 0.717) is 0 Å². The maximum Gasteiger partial charge on any atom is 0.180 e. The Labute approximate surface area is 204 Å². The Bertz CT molecular complexity index is 1350. The molecule has 0 spiro atoms. The van der Waals surface area contributed by atoms with Crippen molar-refractivity contribution in [2.24, 2.45) is 7.05 Å². The van der Waals surface area contributed by atoms with Gasteiger partial charge in [-0.25, -0.2) is 4.57 Å². The molecule has 0 fully saturated rings. The largest absolute Gasteiger partial charge is 0.260 e. The first-order valence-electron chi connectivity index (χ1n) is 9.38. The van der Waals surface area contributed by atoms with Crippen molar-refractivity contribution in [3.8, 4) is 22.4 Å². The van der Waals surface area contributed by atoms with Crippen LogP contribution in [0.15, 0.2) is 79.3 Å². The number of nitrogens with zero attached hydrogens (tertiary/aromatic N) is 2. The minimum absolute atomic E-state index is 0. The van der Waals surface area contributed by atoms with Crippen LogP contribution in [0.2, 0.25) is 0 Å². The second-order valence-electron chi connectivity index (χ2n) is 7.13. The van der Waals surface area contributed by atoms with Gasteiger partial charge in [-0.05, 0) is 0 Å². The van der Waals surface area contributed by atoms with Crippen LogP contribution in [0.1, 0.15) is 5.56 Å². The van der Waals surface area contributed by atoms with Gasteiger partial charge in [0.05, 0.1) is 12.4 Å². The quantitative estimate of drug-likeness (QED) is 0.156. The molecule has 0 unspecified atom stereocenters. The first-order chi connectivity index (χ1) is 13.7. The van der Waals surface area contributed by atoms with E-state index >= 15 is 0 Å². The van der Waals surface area contributed by atoms with E-state index in [1.54, 1.807) is 6.20 Å². The molecule has 0 bridgehead atoms. The van der Waals surface area contributed by atoms with E-state index < -0.39 is 0 Å². The number of aromatic nitrogens is 2. The van der Waals surface area contributed by atoms with Gasteiger partial charge in [0.15, 0.2) is 11.9 Å². The van der Waals surface area contributed by atoms with Crippen LogP contribution in [0, 0.1) is 19.1 Å². The summed E-state index contributed by atoms with van der Waals surface area (Å²) in [7, 11) is 2.03. The first-order valence-corrected chi connectivity index (χ1v) is 9.38. The van der Waals surface area contributed by atoms with E-state index in [9.17, 15) is 0 Å². The third kappa shape index (κ3) is 3.97. The zero-order valence-electron chi connectivity index (χ0n) is 17.1. The number of hydrogen-bond donors (Lipinski definition) is 0. The Morgan fingerprint density at radius 1 is 0.833 bits per heavy atom. The normalized spacial score (nSPS) is 10.5. The SMILES string of the molecule is Cc1ccc(-c2[c-]c3c(cc2)ccc2ccccc23)[c-]c1-c1cncc[n+]1C.[B].[Y]. The molecule has 140 valence electrons. The predicted octanol–water partition coefficient (Wildman–Crippen LogP) is 5.07. The predicted molar refractivity (Wildman–Crippen MR) is 119 cm³/mol. The minimum Gasteiger partial charge on any atom is -0.260 e. The number of benzene rings is 4. The Morgan fingerprint density at radius 2 is 1.53 bits per heavy atom. The molecule has 30 heavy (non-hydrogen) atoms. The van der Waals surface area contributed by atoms with Crippen molar-refractivity contribution < 1.29 is 37.3 Å². The Balaban J connectivity index is 0.00000128. The van der Waals surface area contributed by atoms with Gasteiger partial charge < -0.3 is 0 Å². The fraction of sp³-hybridized carbons (Fsp3) is 0.0769. The van der Waals surface area contributed by atoms with Gasteiger partial charge in [0.1, 0.15) is 7.05 Å². The molecule has 5 rings (SSSR count). The number of rotatable bonds is 2. The zero-order chi connectivity index (χ0) is 19.1. The third-order valence-electron chi connectivity index (χ3n) is 5.30. The molecule has 0 aliphatic carbocycles. The molecule has 1 aromatic heterocycles. The van der Waals surface area contributed by atoms with Crippen LogP contribution in [-0.4, -0.2) is 13.4 Å². The van der Waals surface area contributed by atoms with E-state index in [1.807, 2.05) is 19.4 Å². The molecular weight excluding hydrogens is 440 g/mol. The van der Waals surface area contributed by atoms with Gasteiger partial charge in [0, 0.05) is 41.1 Å². The maximum atomic E-state index is 4.29. The number of aryl methyl sites for hydroxylation is 2. The molecular formula is C26H19BN2Y-. The molecule has 0 aliphatic heterocycles. The van der Waals surface area contributed by atoms with Crippen LogP contribution in [-0.2, 0) is 39.8 Å². The van der Waals surface area contributed by atoms with Gasteiger partial charge in [-0.2, -0.15) is 35.4 Å². The van der Waals surface area contributed by atoms with E-state index in [-0.39, 0.29) is 41.1 Å². The molecule has 0 amide bonds.